The fraction of sp³-hybridized carbons (Fsp3) is 0.750. The largest absolute Gasteiger partial charge is 0.296 e. The van der Waals surface area contributed by atoms with E-state index >= 15 is 0 Å². The second-order valence-electron chi connectivity index (χ2n) is 5.93. The summed E-state index contributed by atoms with van der Waals surface area (Å²) in [5.74, 6) is 0.620. The first-order chi connectivity index (χ1) is 9.24. The van der Waals surface area contributed by atoms with E-state index in [4.69, 9.17) is 0 Å². The first kappa shape index (κ1) is 14.3. The molecule has 3 heteroatoms. The van der Waals surface area contributed by atoms with Crippen LogP contribution in [0.25, 0.3) is 0 Å². The van der Waals surface area contributed by atoms with Crippen molar-refractivity contribution in [3.63, 3.8) is 0 Å². The van der Waals surface area contributed by atoms with E-state index < -0.39 is 0 Å². The van der Waals surface area contributed by atoms with Gasteiger partial charge in [-0.3, -0.25) is 9.89 Å². The van der Waals surface area contributed by atoms with E-state index in [1.54, 1.807) is 0 Å². The van der Waals surface area contributed by atoms with Gasteiger partial charge in [-0.2, -0.15) is 5.10 Å². The van der Waals surface area contributed by atoms with E-state index in [0.717, 1.165) is 11.8 Å². The average molecular weight is 262 g/mol. The predicted molar refractivity (Wildman–Crippen MR) is 77.6 cm³/mol. The number of aldehydes is 1. The van der Waals surface area contributed by atoms with Gasteiger partial charge in [0.15, 0.2) is 6.29 Å². The molecule has 0 unspecified atom stereocenters. The minimum Gasteiger partial charge on any atom is -0.296 e. The number of carbonyl (C=O) groups is 1. The van der Waals surface area contributed by atoms with Crippen molar-refractivity contribution in [2.24, 2.45) is 5.41 Å². The van der Waals surface area contributed by atoms with Gasteiger partial charge in [0, 0.05) is 17.2 Å². The van der Waals surface area contributed by atoms with Gasteiger partial charge in [0.25, 0.3) is 0 Å². The molecule has 1 heterocycles. The fourth-order valence-corrected chi connectivity index (χ4v) is 3.84. The van der Waals surface area contributed by atoms with E-state index in [9.17, 15) is 4.79 Å². The number of hydrogen-bond donors (Lipinski definition) is 1. The van der Waals surface area contributed by atoms with Crippen molar-refractivity contribution in [3.05, 3.63) is 17.0 Å². The first-order valence-corrected chi connectivity index (χ1v) is 7.74. The highest BCUT2D eigenvalue weighted by Gasteiger charge is 2.45. The third-order valence-electron chi connectivity index (χ3n) is 4.88. The molecule has 0 bridgehead atoms. The Labute approximate surface area is 116 Å². The van der Waals surface area contributed by atoms with Crippen LogP contribution in [0, 0.1) is 12.3 Å². The second-order valence-corrected chi connectivity index (χ2v) is 5.93. The van der Waals surface area contributed by atoms with Crippen LogP contribution in [0.2, 0.25) is 0 Å². The lowest BCUT2D eigenvalue weighted by Gasteiger charge is -2.50. The van der Waals surface area contributed by atoms with E-state index in [2.05, 4.69) is 10.2 Å². The Kier molecular flexibility index (Phi) is 4.43. The van der Waals surface area contributed by atoms with Crippen LogP contribution in [0.4, 0.5) is 0 Å². The van der Waals surface area contributed by atoms with Crippen molar-refractivity contribution in [1.29, 1.82) is 0 Å². The summed E-state index contributed by atoms with van der Waals surface area (Å²) in [5, 5.41) is 7.15. The highest BCUT2D eigenvalue weighted by Crippen LogP contribution is 2.58. The number of nitrogens with one attached hydrogen (secondary N) is 1. The third-order valence-corrected chi connectivity index (χ3v) is 4.88. The standard InChI is InChI=1S/C14H20N2O.C2H6/c1-10-12(9-17)15-16-13(10)11-7-14(8-11)5-3-2-4-6-14;1-2/h9,11H,2-8H2,1H3,(H,15,16);1-2H3. The molecule has 0 aliphatic heterocycles. The molecule has 0 amide bonds. The zero-order valence-corrected chi connectivity index (χ0v) is 12.5. The van der Waals surface area contributed by atoms with Crippen molar-refractivity contribution in [1.82, 2.24) is 10.2 Å². The molecule has 1 N–H and O–H groups in total. The van der Waals surface area contributed by atoms with Crippen LogP contribution in [-0.2, 0) is 0 Å². The summed E-state index contributed by atoms with van der Waals surface area (Å²) in [5.41, 5.74) is 3.51. The molecule has 1 aromatic rings. The van der Waals surface area contributed by atoms with Crippen LogP contribution >= 0.6 is 0 Å². The van der Waals surface area contributed by atoms with Crippen molar-refractivity contribution in [2.75, 3.05) is 0 Å². The molecule has 106 valence electrons. The monoisotopic (exact) mass is 262 g/mol. The summed E-state index contributed by atoms with van der Waals surface area (Å²) in [6.45, 7) is 6.01. The number of aromatic nitrogens is 2. The van der Waals surface area contributed by atoms with Gasteiger partial charge < -0.3 is 0 Å². The molecule has 0 atom stereocenters. The molecular formula is C16H26N2O. The molecule has 19 heavy (non-hydrogen) atoms. The van der Waals surface area contributed by atoms with E-state index in [-0.39, 0.29) is 0 Å². The molecule has 0 aromatic carbocycles. The average Bonchev–Trinajstić information content (AvgIpc) is 2.80. The maximum atomic E-state index is 10.8. The van der Waals surface area contributed by atoms with E-state index in [1.165, 1.54) is 50.6 Å². The van der Waals surface area contributed by atoms with Crippen molar-refractivity contribution in [2.45, 2.75) is 71.6 Å². The maximum absolute atomic E-state index is 10.8. The number of hydrogen-bond acceptors (Lipinski definition) is 2. The smallest absolute Gasteiger partial charge is 0.170 e. The Bertz CT molecular complexity index is 422. The Morgan fingerprint density at radius 2 is 1.84 bits per heavy atom. The lowest BCUT2D eigenvalue weighted by Crippen LogP contribution is -2.37. The Morgan fingerprint density at radius 3 is 2.37 bits per heavy atom. The SMILES string of the molecule is CC.Cc1c(C=O)n[nH]c1C1CC2(CCCCC2)C1. The summed E-state index contributed by atoms with van der Waals surface area (Å²) in [7, 11) is 0. The summed E-state index contributed by atoms with van der Waals surface area (Å²) in [4.78, 5) is 10.8. The fourth-order valence-electron chi connectivity index (χ4n) is 3.84. The van der Waals surface area contributed by atoms with Crippen LogP contribution < -0.4 is 0 Å². The molecule has 2 aliphatic carbocycles. The molecule has 2 aliphatic rings. The van der Waals surface area contributed by atoms with Gasteiger partial charge in [0.05, 0.1) is 0 Å². The predicted octanol–water partition coefficient (Wildman–Crippen LogP) is 4.38. The van der Waals surface area contributed by atoms with Crippen LogP contribution in [-0.4, -0.2) is 16.5 Å². The van der Waals surface area contributed by atoms with Gasteiger partial charge in [0.2, 0.25) is 0 Å². The van der Waals surface area contributed by atoms with Gasteiger partial charge in [0.1, 0.15) is 5.69 Å². The zero-order valence-electron chi connectivity index (χ0n) is 12.5. The van der Waals surface area contributed by atoms with Gasteiger partial charge in [-0.25, -0.2) is 0 Å². The van der Waals surface area contributed by atoms with Gasteiger partial charge >= 0.3 is 0 Å². The molecule has 0 saturated heterocycles. The summed E-state index contributed by atoms with van der Waals surface area (Å²) in [6, 6.07) is 0. The Hall–Kier alpha value is -1.12. The quantitative estimate of drug-likeness (QED) is 0.804. The molecule has 3 rings (SSSR count). The first-order valence-electron chi connectivity index (χ1n) is 7.74. The third kappa shape index (κ3) is 2.60. The highest BCUT2D eigenvalue weighted by atomic mass is 16.1. The van der Waals surface area contributed by atoms with Crippen molar-refractivity contribution >= 4 is 6.29 Å². The highest BCUT2D eigenvalue weighted by molar-refractivity contribution is 5.74. The summed E-state index contributed by atoms with van der Waals surface area (Å²) < 4.78 is 0. The number of H-pyrrole nitrogens is 1. The minimum atomic E-state index is 0.588. The molecule has 0 radical (unpaired) electrons. The van der Waals surface area contributed by atoms with Gasteiger partial charge in [-0.05, 0) is 38.0 Å². The summed E-state index contributed by atoms with van der Waals surface area (Å²) >= 11 is 0. The molecule has 1 aromatic heterocycles. The summed E-state index contributed by atoms with van der Waals surface area (Å²) in [6.07, 6.45) is 10.5. The zero-order chi connectivity index (χ0) is 13.9. The molecule has 1 spiro atoms. The molecular weight excluding hydrogens is 236 g/mol. The Morgan fingerprint density at radius 1 is 1.21 bits per heavy atom. The van der Waals surface area contributed by atoms with E-state index in [1.807, 2.05) is 20.8 Å². The lowest BCUT2D eigenvalue weighted by atomic mass is 9.55. The van der Waals surface area contributed by atoms with Crippen molar-refractivity contribution < 1.29 is 4.79 Å². The van der Waals surface area contributed by atoms with Crippen LogP contribution in [0.15, 0.2) is 0 Å². The van der Waals surface area contributed by atoms with Crippen molar-refractivity contribution in [3.8, 4) is 0 Å². The molecule has 3 nitrogen and oxygen atoms in total. The Balaban J connectivity index is 0.000000637. The normalized spacial score (nSPS) is 21.4. The lowest BCUT2D eigenvalue weighted by molar-refractivity contribution is 0.0504. The number of aromatic amines is 1. The van der Waals surface area contributed by atoms with Crippen LogP contribution in [0.1, 0.15) is 86.5 Å². The van der Waals surface area contributed by atoms with Crippen LogP contribution in [0.3, 0.4) is 0 Å². The number of nitrogens with zero attached hydrogens (tertiary/aromatic N) is 1. The van der Waals surface area contributed by atoms with Gasteiger partial charge in [-0.1, -0.05) is 33.1 Å². The van der Waals surface area contributed by atoms with Crippen LogP contribution in [0.5, 0.6) is 0 Å². The number of carbonyl (C=O) groups excluding carboxylic acids is 1. The minimum absolute atomic E-state index is 0.588. The van der Waals surface area contributed by atoms with E-state index in [0.29, 0.717) is 17.0 Å². The second kappa shape index (κ2) is 5.89. The number of rotatable bonds is 2. The van der Waals surface area contributed by atoms with Gasteiger partial charge in [-0.15, -0.1) is 0 Å². The topological polar surface area (TPSA) is 45.8 Å². The maximum Gasteiger partial charge on any atom is 0.170 e. The molecule has 2 fully saturated rings. The molecule has 2 saturated carbocycles.